The van der Waals surface area contributed by atoms with Gasteiger partial charge in [-0.1, -0.05) is 37.8 Å². The van der Waals surface area contributed by atoms with E-state index in [0.717, 1.165) is 57.4 Å². The van der Waals surface area contributed by atoms with Gasteiger partial charge in [-0.3, -0.25) is 9.59 Å². The van der Waals surface area contributed by atoms with Crippen LogP contribution in [-0.2, 0) is 9.59 Å². The SMILES string of the molecule is C=C1C(C(=O)N2CCCCCC2)[C@@H]1C(=O)N1CCCCCC1. The van der Waals surface area contributed by atoms with E-state index < -0.39 is 0 Å². The van der Waals surface area contributed by atoms with E-state index in [1.165, 1.54) is 25.7 Å². The lowest BCUT2D eigenvalue weighted by Crippen LogP contribution is -2.37. The molecule has 2 atom stereocenters. The summed E-state index contributed by atoms with van der Waals surface area (Å²) in [5.74, 6) is -0.150. The molecule has 0 aromatic rings. The van der Waals surface area contributed by atoms with Crippen LogP contribution < -0.4 is 0 Å². The topological polar surface area (TPSA) is 40.6 Å². The number of rotatable bonds is 2. The van der Waals surface area contributed by atoms with E-state index in [4.69, 9.17) is 0 Å². The Morgan fingerprint density at radius 1 is 0.682 bits per heavy atom. The summed E-state index contributed by atoms with van der Waals surface area (Å²) in [4.78, 5) is 29.3. The Bertz CT molecular complexity index is 404. The molecular formula is C18H28N2O2. The highest BCUT2D eigenvalue weighted by Gasteiger charge is 2.54. The molecule has 0 N–H and O–H groups in total. The van der Waals surface area contributed by atoms with E-state index in [-0.39, 0.29) is 23.7 Å². The summed E-state index contributed by atoms with van der Waals surface area (Å²) in [5, 5.41) is 0. The fraction of sp³-hybridized carbons (Fsp3) is 0.778. The van der Waals surface area contributed by atoms with Crippen molar-refractivity contribution in [2.24, 2.45) is 11.8 Å². The van der Waals surface area contributed by atoms with Crippen molar-refractivity contribution in [1.82, 2.24) is 9.80 Å². The molecule has 2 amide bonds. The Labute approximate surface area is 133 Å². The van der Waals surface area contributed by atoms with Gasteiger partial charge in [-0.05, 0) is 25.7 Å². The number of nitrogens with zero attached hydrogens (tertiary/aromatic N) is 2. The zero-order valence-corrected chi connectivity index (χ0v) is 13.6. The third kappa shape index (κ3) is 3.21. The third-order valence-corrected chi connectivity index (χ3v) is 5.39. The van der Waals surface area contributed by atoms with Gasteiger partial charge in [0.05, 0.1) is 11.8 Å². The van der Waals surface area contributed by atoms with Gasteiger partial charge in [-0.2, -0.15) is 0 Å². The Balaban J connectivity index is 1.60. The summed E-state index contributed by atoms with van der Waals surface area (Å²) < 4.78 is 0. The van der Waals surface area contributed by atoms with Crippen LogP contribution in [-0.4, -0.2) is 47.8 Å². The lowest BCUT2D eigenvalue weighted by molar-refractivity contribution is -0.138. The van der Waals surface area contributed by atoms with Crippen molar-refractivity contribution in [1.29, 1.82) is 0 Å². The van der Waals surface area contributed by atoms with Gasteiger partial charge in [-0.15, -0.1) is 0 Å². The van der Waals surface area contributed by atoms with Crippen molar-refractivity contribution in [3.63, 3.8) is 0 Å². The number of carbonyl (C=O) groups is 2. The molecule has 0 bridgehead atoms. The standard InChI is InChI=1S/C18H28N2O2/c1-14-15(17(21)19-10-6-2-3-7-11-19)16(14)18(22)20-12-8-4-5-9-13-20/h15-16H,1-13H2/t15-,16?/m1/s1. The number of hydrogen-bond donors (Lipinski definition) is 0. The molecular weight excluding hydrogens is 276 g/mol. The van der Waals surface area contributed by atoms with E-state index in [9.17, 15) is 9.59 Å². The molecule has 0 spiro atoms. The van der Waals surface area contributed by atoms with Gasteiger partial charge in [-0.25, -0.2) is 0 Å². The maximum atomic E-state index is 12.7. The van der Waals surface area contributed by atoms with E-state index >= 15 is 0 Å². The smallest absolute Gasteiger partial charge is 0.230 e. The van der Waals surface area contributed by atoms with Crippen LogP contribution >= 0.6 is 0 Å². The van der Waals surface area contributed by atoms with Crippen LogP contribution in [0.1, 0.15) is 51.4 Å². The second-order valence-electron chi connectivity index (χ2n) is 7.01. The fourth-order valence-corrected chi connectivity index (χ4v) is 3.89. The highest BCUT2D eigenvalue weighted by molar-refractivity contribution is 5.99. The average Bonchev–Trinajstić information content (AvgIpc) is 3.29. The molecule has 4 heteroatoms. The first-order valence-corrected chi connectivity index (χ1v) is 8.96. The molecule has 3 rings (SSSR count). The van der Waals surface area contributed by atoms with Crippen molar-refractivity contribution in [2.45, 2.75) is 51.4 Å². The van der Waals surface area contributed by atoms with Crippen LogP contribution in [0.2, 0.25) is 0 Å². The number of carbonyl (C=O) groups excluding carboxylic acids is 2. The van der Waals surface area contributed by atoms with Crippen LogP contribution in [0.15, 0.2) is 12.2 Å². The van der Waals surface area contributed by atoms with Crippen molar-refractivity contribution in [2.75, 3.05) is 26.2 Å². The summed E-state index contributed by atoms with van der Waals surface area (Å²) in [5.41, 5.74) is 0.850. The molecule has 1 saturated carbocycles. The van der Waals surface area contributed by atoms with E-state index in [0.29, 0.717) is 0 Å². The Morgan fingerprint density at radius 2 is 1.00 bits per heavy atom. The quantitative estimate of drug-likeness (QED) is 0.736. The summed E-state index contributed by atoms with van der Waals surface area (Å²) in [6, 6.07) is 0. The van der Waals surface area contributed by atoms with Gasteiger partial charge in [0.15, 0.2) is 0 Å². The van der Waals surface area contributed by atoms with Crippen molar-refractivity contribution in [3.05, 3.63) is 12.2 Å². The summed E-state index contributed by atoms with van der Waals surface area (Å²) >= 11 is 0. The molecule has 2 saturated heterocycles. The molecule has 0 radical (unpaired) electrons. The minimum atomic E-state index is -0.228. The van der Waals surface area contributed by atoms with Crippen LogP contribution in [0.25, 0.3) is 0 Å². The van der Waals surface area contributed by atoms with E-state index in [1.807, 2.05) is 9.80 Å². The summed E-state index contributed by atoms with van der Waals surface area (Å²) in [6.45, 7) is 7.43. The summed E-state index contributed by atoms with van der Waals surface area (Å²) in [6.07, 6.45) is 9.23. The van der Waals surface area contributed by atoms with Crippen LogP contribution in [0, 0.1) is 11.8 Å². The van der Waals surface area contributed by atoms with Gasteiger partial charge in [0.2, 0.25) is 11.8 Å². The average molecular weight is 304 g/mol. The lowest BCUT2D eigenvalue weighted by Gasteiger charge is -2.22. The number of amides is 2. The lowest BCUT2D eigenvalue weighted by atomic mass is 10.2. The summed E-state index contributed by atoms with van der Waals surface area (Å²) in [7, 11) is 0. The van der Waals surface area contributed by atoms with Crippen molar-refractivity contribution < 1.29 is 9.59 Å². The Kier molecular flexibility index (Phi) is 4.84. The molecule has 3 aliphatic rings. The maximum Gasteiger partial charge on any atom is 0.230 e. The molecule has 2 aliphatic heterocycles. The molecule has 0 aromatic carbocycles. The van der Waals surface area contributed by atoms with Gasteiger partial charge in [0, 0.05) is 26.2 Å². The minimum absolute atomic E-state index is 0.153. The monoisotopic (exact) mass is 304 g/mol. The predicted octanol–water partition coefficient (Wildman–Crippen LogP) is 2.59. The molecule has 3 fully saturated rings. The number of likely N-dealkylation sites (tertiary alicyclic amines) is 2. The van der Waals surface area contributed by atoms with Crippen molar-refractivity contribution in [3.8, 4) is 0 Å². The number of hydrogen-bond acceptors (Lipinski definition) is 2. The van der Waals surface area contributed by atoms with E-state index in [1.54, 1.807) is 0 Å². The van der Waals surface area contributed by atoms with Gasteiger partial charge in [0.1, 0.15) is 0 Å². The highest BCUT2D eigenvalue weighted by atomic mass is 16.2. The fourth-order valence-electron chi connectivity index (χ4n) is 3.89. The first-order valence-electron chi connectivity index (χ1n) is 8.96. The Morgan fingerprint density at radius 3 is 1.32 bits per heavy atom. The van der Waals surface area contributed by atoms with Crippen molar-refractivity contribution >= 4 is 11.8 Å². The zero-order chi connectivity index (χ0) is 15.5. The molecule has 122 valence electrons. The minimum Gasteiger partial charge on any atom is -0.342 e. The molecule has 1 aliphatic carbocycles. The predicted molar refractivity (Wildman–Crippen MR) is 86.2 cm³/mol. The highest BCUT2D eigenvalue weighted by Crippen LogP contribution is 2.47. The van der Waals surface area contributed by atoms with Crippen LogP contribution in [0.5, 0.6) is 0 Å². The molecule has 2 heterocycles. The zero-order valence-electron chi connectivity index (χ0n) is 13.6. The first kappa shape index (κ1) is 15.6. The maximum absolute atomic E-state index is 12.7. The normalized spacial score (nSPS) is 29.7. The van der Waals surface area contributed by atoms with Crippen LogP contribution in [0.4, 0.5) is 0 Å². The largest absolute Gasteiger partial charge is 0.342 e. The Hall–Kier alpha value is -1.32. The second-order valence-corrected chi connectivity index (χ2v) is 7.01. The van der Waals surface area contributed by atoms with Crippen LogP contribution in [0.3, 0.4) is 0 Å². The molecule has 4 nitrogen and oxygen atoms in total. The van der Waals surface area contributed by atoms with Gasteiger partial charge < -0.3 is 9.80 Å². The van der Waals surface area contributed by atoms with E-state index in [2.05, 4.69) is 6.58 Å². The van der Waals surface area contributed by atoms with Gasteiger partial charge in [0.25, 0.3) is 0 Å². The molecule has 1 unspecified atom stereocenters. The first-order chi connectivity index (χ1) is 10.7. The second kappa shape index (κ2) is 6.84. The third-order valence-electron chi connectivity index (χ3n) is 5.39. The van der Waals surface area contributed by atoms with Gasteiger partial charge >= 0.3 is 0 Å². The molecule has 22 heavy (non-hydrogen) atoms. The molecule has 0 aromatic heterocycles.